The molecule has 1 aliphatic rings. The fourth-order valence-corrected chi connectivity index (χ4v) is 3.48. The van der Waals surface area contributed by atoms with Gasteiger partial charge >= 0.3 is 0 Å². The molecule has 0 saturated carbocycles. The molecule has 0 unspecified atom stereocenters. The highest BCUT2D eigenvalue weighted by atomic mass is 32.1. The zero-order chi connectivity index (χ0) is 14.5. The highest BCUT2D eigenvalue weighted by Crippen LogP contribution is 2.32. The van der Waals surface area contributed by atoms with Crippen molar-refractivity contribution < 1.29 is 4.79 Å². The molecule has 3 rings (SSSR count). The average molecular weight is 302 g/mol. The molecular weight excluding hydrogens is 284 g/mol. The maximum Gasteiger partial charge on any atom is 0.225 e. The minimum absolute atomic E-state index is 0.0350. The molecule has 2 aromatic rings. The Bertz CT molecular complexity index is 573. The number of hydrogen-bond acceptors (Lipinski definition) is 5. The van der Waals surface area contributed by atoms with Crippen LogP contribution < -0.4 is 5.32 Å². The summed E-state index contributed by atoms with van der Waals surface area (Å²) in [6.07, 6.45) is 8.01. The second-order valence-electron chi connectivity index (χ2n) is 5.10. The summed E-state index contributed by atoms with van der Waals surface area (Å²) in [5.41, 5.74) is 0.750. The van der Waals surface area contributed by atoms with Crippen LogP contribution in [0.3, 0.4) is 0 Å². The summed E-state index contributed by atoms with van der Waals surface area (Å²) in [6, 6.07) is 4.05. The van der Waals surface area contributed by atoms with E-state index in [2.05, 4.69) is 20.2 Å². The first-order valence-electron chi connectivity index (χ1n) is 7.16. The molecule has 1 aliphatic heterocycles. The van der Waals surface area contributed by atoms with E-state index in [4.69, 9.17) is 0 Å². The summed E-state index contributed by atoms with van der Waals surface area (Å²) >= 11 is 1.70. The van der Waals surface area contributed by atoms with Crippen LogP contribution in [-0.2, 0) is 4.79 Å². The van der Waals surface area contributed by atoms with Gasteiger partial charge in [0.1, 0.15) is 5.01 Å². The second kappa shape index (κ2) is 6.78. The van der Waals surface area contributed by atoms with E-state index in [1.807, 2.05) is 23.7 Å². The summed E-state index contributed by atoms with van der Waals surface area (Å²) in [5, 5.41) is 6.06. The zero-order valence-corrected chi connectivity index (χ0v) is 12.6. The van der Waals surface area contributed by atoms with Gasteiger partial charge in [-0.1, -0.05) is 0 Å². The first-order chi connectivity index (χ1) is 10.3. The average Bonchev–Trinajstić information content (AvgIpc) is 3.17. The minimum Gasteiger partial charge on any atom is -0.325 e. The van der Waals surface area contributed by atoms with Crippen LogP contribution in [0.2, 0.25) is 0 Å². The number of likely N-dealkylation sites (tertiary alicyclic amines) is 1. The molecule has 0 bridgehead atoms. The van der Waals surface area contributed by atoms with Crippen molar-refractivity contribution in [3.05, 3.63) is 41.1 Å². The number of pyridine rings is 1. The number of carbonyl (C=O) groups is 1. The molecule has 3 heterocycles. The highest BCUT2D eigenvalue weighted by molar-refractivity contribution is 7.09. The van der Waals surface area contributed by atoms with E-state index in [1.54, 1.807) is 23.7 Å². The number of hydrogen-bond donors (Lipinski definition) is 1. The van der Waals surface area contributed by atoms with Gasteiger partial charge in [0, 0.05) is 30.7 Å². The second-order valence-corrected chi connectivity index (χ2v) is 6.03. The SMILES string of the molecule is O=C(CCN1CCC[C@@H]1c1nccs1)Nc1cccnc1. The van der Waals surface area contributed by atoms with Gasteiger partial charge in [-0.2, -0.15) is 0 Å². The summed E-state index contributed by atoms with van der Waals surface area (Å²) < 4.78 is 0. The number of nitrogens with zero attached hydrogens (tertiary/aromatic N) is 3. The van der Waals surface area contributed by atoms with Crippen molar-refractivity contribution in [2.24, 2.45) is 0 Å². The first kappa shape index (κ1) is 14.2. The van der Waals surface area contributed by atoms with Gasteiger partial charge in [-0.15, -0.1) is 11.3 Å². The Morgan fingerprint density at radius 1 is 1.48 bits per heavy atom. The number of anilines is 1. The van der Waals surface area contributed by atoms with Gasteiger partial charge < -0.3 is 5.32 Å². The van der Waals surface area contributed by atoms with E-state index in [0.717, 1.165) is 25.2 Å². The van der Waals surface area contributed by atoms with Gasteiger partial charge in [-0.3, -0.25) is 14.7 Å². The van der Waals surface area contributed by atoms with E-state index in [1.165, 1.54) is 11.4 Å². The molecule has 110 valence electrons. The van der Waals surface area contributed by atoms with Crippen molar-refractivity contribution in [2.75, 3.05) is 18.4 Å². The third-order valence-corrected chi connectivity index (χ3v) is 4.55. The first-order valence-corrected chi connectivity index (χ1v) is 8.04. The molecule has 1 fully saturated rings. The van der Waals surface area contributed by atoms with Gasteiger partial charge in [0.05, 0.1) is 17.9 Å². The third-order valence-electron chi connectivity index (χ3n) is 3.67. The molecule has 1 saturated heterocycles. The quantitative estimate of drug-likeness (QED) is 0.922. The molecule has 0 spiro atoms. The Kier molecular flexibility index (Phi) is 4.57. The van der Waals surface area contributed by atoms with Crippen LogP contribution >= 0.6 is 11.3 Å². The summed E-state index contributed by atoms with van der Waals surface area (Å²) in [7, 11) is 0. The maximum absolute atomic E-state index is 12.0. The fourth-order valence-electron chi connectivity index (χ4n) is 2.68. The van der Waals surface area contributed by atoms with Crippen LogP contribution in [0, 0.1) is 0 Å². The number of carbonyl (C=O) groups excluding carboxylic acids is 1. The van der Waals surface area contributed by atoms with Crippen LogP contribution in [0.1, 0.15) is 30.3 Å². The highest BCUT2D eigenvalue weighted by Gasteiger charge is 2.27. The topological polar surface area (TPSA) is 58.1 Å². The lowest BCUT2D eigenvalue weighted by Gasteiger charge is -2.22. The van der Waals surface area contributed by atoms with Crippen LogP contribution in [0.25, 0.3) is 0 Å². The molecule has 1 atom stereocenters. The smallest absolute Gasteiger partial charge is 0.225 e. The minimum atomic E-state index is 0.0350. The molecular formula is C15H18N4OS. The number of thiazole rings is 1. The number of nitrogens with one attached hydrogen (secondary N) is 1. The van der Waals surface area contributed by atoms with Gasteiger partial charge in [-0.25, -0.2) is 4.98 Å². The van der Waals surface area contributed by atoms with E-state index < -0.39 is 0 Å². The molecule has 1 amide bonds. The lowest BCUT2D eigenvalue weighted by atomic mass is 10.2. The number of aromatic nitrogens is 2. The van der Waals surface area contributed by atoms with E-state index in [-0.39, 0.29) is 5.91 Å². The van der Waals surface area contributed by atoms with Gasteiger partial charge in [0.2, 0.25) is 5.91 Å². The van der Waals surface area contributed by atoms with E-state index in [0.29, 0.717) is 12.5 Å². The predicted molar refractivity (Wildman–Crippen MR) is 83.1 cm³/mol. The molecule has 0 radical (unpaired) electrons. The number of rotatable bonds is 5. The van der Waals surface area contributed by atoms with Gasteiger partial charge in [-0.05, 0) is 31.5 Å². The maximum atomic E-state index is 12.0. The summed E-state index contributed by atoms with van der Waals surface area (Å²) in [5.74, 6) is 0.0350. The Hall–Kier alpha value is -1.79. The van der Waals surface area contributed by atoms with Crippen LogP contribution in [0.4, 0.5) is 5.69 Å². The molecule has 1 N–H and O–H groups in total. The van der Waals surface area contributed by atoms with Crippen molar-refractivity contribution in [1.29, 1.82) is 0 Å². The van der Waals surface area contributed by atoms with E-state index in [9.17, 15) is 4.79 Å². The standard InChI is InChI=1S/C15H18N4OS/c20-14(18-12-3-1-6-16-11-12)5-9-19-8-2-4-13(19)15-17-7-10-21-15/h1,3,6-7,10-11,13H,2,4-5,8-9H2,(H,18,20)/t13-/m1/s1. The van der Waals surface area contributed by atoms with Crippen molar-refractivity contribution in [1.82, 2.24) is 14.9 Å². The van der Waals surface area contributed by atoms with Crippen LogP contribution in [0.5, 0.6) is 0 Å². The Morgan fingerprint density at radius 2 is 2.43 bits per heavy atom. The third kappa shape index (κ3) is 3.65. The summed E-state index contributed by atoms with van der Waals surface area (Å²) in [4.78, 5) is 22.7. The zero-order valence-electron chi connectivity index (χ0n) is 11.7. The molecule has 0 aromatic carbocycles. The lowest BCUT2D eigenvalue weighted by molar-refractivity contribution is -0.116. The lowest BCUT2D eigenvalue weighted by Crippen LogP contribution is -2.27. The van der Waals surface area contributed by atoms with Gasteiger partial charge in [0.15, 0.2) is 0 Å². The van der Waals surface area contributed by atoms with Crippen molar-refractivity contribution in [3.63, 3.8) is 0 Å². The Balaban J connectivity index is 1.51. The Morgan fingerprint density at radius 3 is 3.19 bits per heavy atom. The largest absolute Gasteiger partial charge is 0.325 e. The molecule has 2 aromatic heterocycles. The van der Waals surface area contributed by atoms with Crippen LogP contribution in [-0.4, -0.2) is 33.9 Å². The van der Waals surface area contributed by atoms with Crippen molar-refractivity contribution in [3.8, 4) is 0 Å². The molecule has 6 heteroatoms. The summed E-state index contributed by atoms with van der Waals surface area (Å²) in [6.45, 7) is 1.82. The van der Waals surface area contributed by atoms with Crippen molar-refractivity contribution >= 4 is 22.9 Å². The van der Waals surface area contributed by atoms with E-state index >= 15 is 0 Å². The van der Waals surface area contributed by atoms with Crippen molar-refractivity contribution in [2.45, 2.75) is 25.3 Å². The normalized spacial score (nSPS) is 18.8. The van der Waals surface area contributed by atoms with Crippen LogP contribution in [0.15, 0.2) is 36.1 Å². The fraction of sp³-hybridized carbons (Fsp3) is 0.400. The Labute approximate surface area is 128 Å². The predicted octanol–water partition coefficient (Wildman–Crippen LogP) is 2.70. The number of amides is 1. The van der Waals surface area contributed by atoms with Gasteiger partial charge in [0.25, 0.3) is 0 Å². The monoisotopic (exact) mass is 302 g/mol. The molecule has 5 nitrogen and oxygen atoms in total. The molecule has 0 aliphatic carbocycles. The molecule has 21 heavy (non-hydrogen) atoms.